The van der Waals surface area contributed by atoms with E-state index >= 15 is 0 Å². The Balaban J connectivity index is 2.10. The third-order valence-electron chi connectivity index (χ3n) is 3.61. The van der Waals surface area contributed by atoms with Crippen molar-refractivity contribution < 1.29 is 14.2 Å². The van der Waals surface area contributed by atoms with Gasteiger partial charge in [0.05, 0.1) is 13.7 Å². The largest absolute Gasteiger partial charge is 0.494 e. The Kier molecular flexibility index (Phi) is 4.55. The monoisotopic (exact) mass is 253 g/mol. The van der Waals surface area contributed by atoms with E-state index in [-0.39, 0.29) is 18.2 Å². The summed E-state index contributed by atoms with van der Waals surface area (Å²) in [6.07, 6.45) is 3.52. The number of benzene rings is 1. The Hall–Kier alpha value is -1.13. The van der Waals surface area contributed by atoms with Crippen LogP contribution in [0.3, 0.4) is 0 Å². The molecule has 0 radical (unpaired) electrons. The minimum atomic E-state index is -0.290. The molecule has 1 aliphatic carbocycles. The van der Waals surface area contributed by atoms with Crippen molar-refractivity contribution in [3.8, 4) is 5.75 Å². The van der Waals surface area contributed by atoms with E-state index in [0.29, 0.717) is 24.7 Å². The van der Waals surface area contributed by atoms with E-state index < -0.39 is 0 Å². The van der Waals surface area contributed by atoms with Crippen LogP contribution in [0.5, 0.6) is 5.75 Å². The van der Waals surface area contributed by atoms with Crippen LogP contribution in [0.1, 0.15) is 24.8 Å². The summed E-state index contributed by atoms with van der Waals surface area (Å²) in [6, 6.07) is 5.69. The van der Waals surface area contributed by atoms with Gasteiger partial charge >= 0.3 is 0 Å². The van der Waals surface area contributed by atoms with Crippen molar-refractivity contribution in [3.05, 3.63) is 29.6 Å². The molecular formula is C14H20FNO2. The molecule has 1 fully saturated rings. The van der Waals surface area contributed by atoms with E-state index in [0.717, 1.165) is 12.8 Å². The number of ether oxygens (including phenoxy) is 1. The number of halogens is 1. The third-order valence-corrected chi connectivity index (χ3v) is 3.61. The lowest BCUT2D eigenvalue weighted by Crippen LogP contribution is -2.41. The van der Waals surface area contributed by atoms with Crippen molar-refractivity contribution in [2.24, 2.45) is 0 Å². The molecule has 2 rings (SSSR count). The Morgan fingerprint density at radius 2 is 2.22 bits per heavy atom. The van der Waals surface area contributed by atoms with Crippen molar-refractivity contribution in [1.82, 2.24) is 4.90 Å². The summed E-state index contributed by atoms with van der Waals surface area (Å²) in [5.41, 5.74) is 0.634. The molecule has 0 heterocycles. The number of methoxy groups -OCH3 is 1. The molecule has 0 saturated heterocycles. The highest BCUT2D eigenvalue weighted by molar-refractivity contribution is 5.31. The Labute approximate surface area is 107 Å². The molecule has 4 heteroatoms. The van der Waals surface area contributed by atoms with E-state index in [1.807, 2.05) is 0 Å². The fraction of sp³-hybridized carbons (Fsp3) is 0.571. The van der Waals surface area contributed by atoms with Crippen LogP contribution in [0, 0.1) is 5.82 Å². The lowest BCUT2D eigenvalue weighted by atomic mass is 9.91. The molecule has 1 N–H and O–H groups in total. The Bertz CT molecular complexity index is 393. The second kappa shape index (κ2) is 6.16. The average Bonchev–Trinajstić information content (AvgIpc) is 2.30. The number of nitrogens with zero attached hydrogens (tertiary/aromatic N) is 1. The van der Waals surface area contributed by atoms with Crippen LogP contribution in [0.4, 0.5) is 4.39 Å². The van der Waals surface area contributed by atoms with Gasteiger partial charge in [-0.1, -0.05) is 18.6 Å². The number of rotatable bonds is 6. The van der Waals surface area contributed by atoms with Gasteiger partial charge in [-0.15, -0.1) is 0 Å². The van der Waals surface area contributed by atoms with Gasteiger partial charge in [0, 0.05) is 24.7 Å². The SMILES string of the molecule is COc1cccc(CN(CCO)C2CCC2)c1F. The second-order valence-corrected chi connectivity index (χ2v) is 4.71. The first kappa shape index (κ1) is 13.3. The minimum absolute atomic E-state index is 0.113. The van der Waals surface area contributed by atoms with Crippen LogP contribution >= 0.6 is 0 Å². The average molecular weight is 253 g/mol. The maximum atomic E-state index is 14.0. The van der Waals surface area contributed by atoms with Crippen LogP contribution in [-0.2, 0) is 6.54 Å². The Morgan fingerprint density at radius 3 is 2.78 bits per heavy atom. The number of aliphatic hydroxyl groups excluding tert-OH is 1. The zero-order valence-electron chi connectivity index (χ0n) is 10.7. The highest BCUT2D eigenvalue weighted by Crippen LogP contribution is 2.28. The molecule has 1 aromatic rings. The first-order valence-electron chi connectivity index (χ1n) is 6.42. The van der Waals surface area contributed by atoms with Crippen molar-refractivity contribution >= 4 is 0 Å². The van der Waals surface area contributed by atoms with Crippen LogP contribution < -0.4 is 4.74 Å². The van der Waals surface area contributed by atoms with Crippen molar-refractivity contribution in [2.75, 3.05) is 20.3 Å². The highest BCUT2D eigenvalue weighted by Gasteiger charge is 2.25. The first-order chi connectivity index (χ1) is 8.76. The topological polar surface area (TPSA) is 32.7 Å². The molecule has 0 amide bonds. The molecule has 0 unspecified atom stereocenters. The lowest BCUT2D eigenvalue weighted by Gasteiger charge is -2.37. The van der Waals surface area contributed by atoms with Crippen molar-refractivity contribution in [1.29, 1.82) is 0 Å². The minimum Gasteiger partial charge on any atom is -0.494 e. The first-order valence-corrected chi connectivity index (χ1v) is 6.42. The van der Waals surface area contributed by atoms with Gasteiger partial charge in [0.2, 0.25) is 0 Å². The molecular weight excluding hydrogens is 233 g/mol. The molecule has 1 aromatic carbocycles. The fourth-order valence-electron chi connectivity index (χ4n) is 2.33. The molecule has 1 aliphatic rings. The normalized spacial score (nSPS) is 15.8. The van der Waals surface area contributed by atoms with Gasteiger partial charge in [0.1, 0.15) is 0 Å². The van der Waals surface area contributed by atoms with E-state index in [4.69, 9.17) is 9.84 Å². The maximum absolute atomic E-state index is 14.0. The maximum Gasteiger partial charge on any atom is 0.169 e. The van der Waals surface area contributed by atoms with E-state index in [1.165, 1.54) is 13.5 Å². The van der Waals surface area contributed by atoms with E-state index in [9.17, 15) is 4.39 Å². The molecule has 0 atom stereocenters. The number of hydrogen-bond acceptors (Lipinski definition) is 3. The molecule has 0 bridgehead atoms. The standard InChI is InChI=1S/C14H20FNO2/c1-18-13-7-2-4-11(14(13)15)10-16(8-9-17)12-5-3-6-12/h2,4,7,12,17H,3,5-6,8-10H2,1H3. The van der Waals surface area contributed by atoms with Gasteiger partial charge in [0.15, 0.2) is 11.6 Å². The quantitative estimate of drug-likeness (QED) is 0.843. The molecule has 0 aliphatic heterocycles. The summed E-state index contributed by atoms with van der Waals surface area (Å²) in [5, 5.41) is 9.09. The number of hydrogen-bond donors (Lipinski definition) is 1. The molecule has 18 heavy (non-hydrogen) atoms. The summed E-state index contributed by atoms with van der Waals surface area (Å²) in [6.45, 7) is 1.25. The summed E-state index contributed by atoms with van der Waals surface area (Å²) < 4.78 is 19.0. The predicted octanol–water partition coefficient (Wildman–Crippen LogP) is 2.18. The van der Waals surface area contributed by atoms with Gasteiger partial charge < -0.3 is 9.84 Å². The van der Waals surface area contributed by atoms with Crippen LogP contribution in [0.15, 0.2) is 18.2 Å². The third kappa shape index (κ3) is 2.82. The molecule has 1 saturated carbocycles. The highest BCUT2D eigenvalue weighted by atomic mass is 19.1. The van der Waals surface area contributed by atoms with Gasteiger partial charge in [-0.2, -0.15) is 0 Å². The van der Waals surface area contributed by atoms with Gasteiger partial charge in [-0.05, 0) is 18.9 Å². The molecule has 3 nitrogen and oxygen atoms in total. The summed E-state index contributed by atoms with van der Waals surface area (Å²) >= 11 is 0. The smallest absolute Gasteiger partial charge is 0.169 e. The fourth-order valence-corrected chi connectivity index (χ4v) is 2.33. The molecule has 0 aromatic heterocycles. The zero-order chi connectivity index (χ0) is 13.0. The summed E-state index contributed by atoms with van der Waals surface area (Å²) in [7, 11) is 1.47. The molecule has 100 valence electrons. The van der Waals surface area contributed by atoms with Crippen molar-refractivity contribution in [3.63, 3.8) is 0 Å². The van der Waals surface area contributed by atoms with E-state index in [2.05, 4.69) is 4.90 Å². The van der Waals surface area contributed by atoms with Gasteiger partial charge in [-0.25, -0.2) is 4.39 Å². The van der Waals surface area contributed by atoms with Gasteiger partial charge in [0.25, 0.3) is 0 Å². The van der Waals surface area contributed by atoms with Crippen LogP contribution in [0.25, 0.3) is 0 Å². The van der Waals surface area contributed by atoms with Crippen LogP contribution in [-0.4, -0.2) is 36.3 Å². The summed E-state index contributed by atoms with van der Waals surface area (Å²) in [5.74, 6) is -0.00711. The molecule has 0 spiro atoms. The Morgan fingerprint density at radius 1 is 1.44 bits per heavy atom. The second-order valence-electron chi connectivity index (χ2n) is 4.71. The number of aliphatic hydroxyl groups is 1. The van der Waals surface area contributed by atoms with Gasteiger partial charge in [-0.3, -0.25) is 4.90 Å². The van der Waals surface area contributed by atoms with Crippen molar-refractivity contribution in [2.45, 2.75) is 31.8 Å². The van der Waals surface area contributed by atoms with E-state index in [1.54, 1.807) is 18.2 Å². The summed E-state index contributed by atoms with van der Waals surface area (Å²) in [4.78, 5) is 2.15. The predicted molar refractivity (Wildman–Crippen MR) is 68.1 cm³/mol. The zero-order valence-corrected chi connectivity index (χ0v) is 10.7. The van der Waals surface area contributed by atoms with Crippen LogP contribution in [0.2, 0.25) is 0 Å². The lowest BCUT2D eigenvalue weighted by molar-refractivity contribution is 0.0933.